The number of carbonyl (C=O) groups is 1. The van der Waals surface area contributed by atoms with Gasteiger partial charge in [-0.05, 0) is 25.2 Å². The van der Waals surface area contributed by atoms with Crippen LogP contribution in [0.2, 0.25) is 0 Å². The first-order valence-corrected chi connectivity index (χ1v) is 5.76. The summed E-state index contributed by atoms with van der Waals surface area (Å²) in [5, 5.41) is 18.8. The van der Waals surface area contributed by atoms with Gasteiger partial charge in [0.25, 0.3) is 0 Å². The van der Waals surface area contributed by atoms with E-state index in [1.165, 1.54) is 0 Å². The number of hydrogen-bond donors (Lipinski definition) is 2. The fourth-order valence-corrected chi connectivity index (χ4v) is 2.43. The second-order valence-corrected chi connectivity index (χ2v) is 4.33. The molecule has 4 heteroatoms. The highest BCUT2D eigenvalue weighted by Crippen LogP contribution is 2.27. The van der Waals surface area contributed by atoms with Crippen LogP contribution in [0.25, 0.3) is 0 Å². The molecule has 3 atom stereocenters. The number of hydrogen-bond acceptors (Lipinski definition) is 3. The van der Waals surface area contributed by atoms with Gasteiger partial charge in [-0.2, -0.15) is 0 Å². The Morgan fingerprint density at radius 1 is 1.53 bits per heavy atom. The van der Waals surface area contributed by atoms with Crippen molar-refractivity contribution in [3.05, 3.63) is 0 Å². The van der Waals surface area contributed by atoms with Gasteiger partial charge in [-0.3, -0.25) is 9.69 Å². The Labute approximate surface area is 90.9 Å². The molecule has 0 bridgehead atoms. The lowest BCUT2D eigenvalue weighted by Crippen LogP contribution is -2.43. The fraction of sp³-hybridized carbons (Fsp3) is 0.909. The summed E-state index contributed by atoms with van der Waals surface area (Å²) in [5.41, 5.74) is 0. The van der Waals surface area contributed by atoms with Crippen molar-refractivity contribution in [2.45, 2.75) is 51.8 Å². The average Bonchev–Trinajstić information content (AvgIpc) is 2.49. The van der Waals surface area contributed by atoms with E-state index >= 15 is 0 Å². The number of aliphatic hydroxyl groups is 1. The van der Waals surface area contributed by atoms with Gasteiger partial charge in [0.15, 0.2) is 0 Å². The Kier molecular flexibility index (Phi) is 4.54. The maximum absolute atomic E-state index is 11.0. The standard InChI is InChI=1S/C11H21NO3/c1-3-5-8-6-10(13)12(7-8)9(4-2)11(14)15/h8-10,13H,3-7H2,1-2H3,(H,14,15)/t8-,9?,10?/m1/s1. The van der Waals surface area contributed by atoms with Crippen molar-refractivity contribution in [1.82, 2.24) is 4.90 Å². The Morgan fingerprint density at radius 3 is 2.67 bits per heavy atom. The minimum absolute atomic E-state index is 0.457. The molecule has 1 rings (SSSR count). The summed E-state index contributed by atoms with van der Waals surface area (Å²) in [6, 6.07) is -0.526. The predicted molar refractivity (Wildman–Crippen MR) is 57.4 cm³/mol. The lowest BCUT2D eigenvalue weighted by molar-refractivity contribution is -0.146. The van der Waals surface area contributed by atoms with Gasteiger partial charge in [0.05, 0.1) is 0 Å². The zero-order valence-corrected chi connectivity index (χ0v) is 9.52. The van der Waals surface area contributed by atoms with E-state index in [0.29, 0.717) is 12.3 Å². The number of carboxylic acid groups (broad SMARTS) is 1. The first kappa shape index (κ1) is 12.5. The molecule has 1 saturated heterocycles. The SMILES string of the molecule is CCC[C@@H]1CC(O)N(C(CC)C(=O)O)C1. The maximum Gasteiger partial charge on any atom is 0.320 e. The topological polar surface area (TPSA) is 60.8 Å². The van der Waals surface area contributed by atoms with Gasteiger partial charge in [-0.25, -0.2) is 0 Å². The number of rotatable bonds is 5. The van der Waals surface area contributed by atoms with Gasteiger partial charge in [-0.1, -0.05) is 20.3 Å². The van der Waals surface area contributed by atoms with E-state index in [0.717, 1.165) is 25.8 Å². The first-order chi connectivity index (χ1) is 7.10. The first-order valence-electron chi connectivity index (χ1n) is 5.76. The molecule has 88 valence electrons. The van der Waals surface area contributed by atoms with Crippen molar-refractivity contribution >= 4 is 5.97 Å². The maximum atomic E-state index is 11.0. The van der Waals surface area contributed by atoms with E-state index < -0.39 is 18.2 Å². The van der Waals surface area contributed by atoms with E-state index in [1.54, 1.807) is 4.90 Å². The Bertz CT molecular complexity index is 220. The van der Waals surface area contributed by atoms with E-state index in [1.807, 2.05) is 6.92 Å². The monoisotopic (exact) mass is 215 g/mol. The molecule has 1 fully saturated rings. The molecule has 0 amide bonds. The van der Waals surface area contributed by atoms with Crippen LogP contribution in [0.3, 0.4) is 0 Å². The zero-order valence-electron chi connectivity index (χ0n) is 9.52. The molecule has 0 aromatic rings. The molecule has 0 radical (unpaired) electrons. The van der Waals surface area contributed by atoms with E-state index in [9.17, 15) is 9.90 Å². The second kappa shape index (κ2) is 5.47. The third kappa shape index (κ3) is 2.92. The van der Waals surface area contributed by atoms with Gasteiger partial charge in [0, 0.05) is 6.54 Å². The van der Waals surface area contributed by atoms with Crippen LogP contribution in [-0.2, 0) is 4.79 Å². The predicted octanol–water partition coefficient (Wildman–Crippen LogP) is 1.29. The Hall–Kier alpha value is -0.610. The number of aliphatic hydroxyl groups excluding tert-OH is 1. The van der Waals surface area contributed by atoms with Crippen LogP contribution >= 0.6 is 0 Å². The quantitative estimate of drug-likeness (QED) is 0.725. The molecule has 0 spiro atoms. The minimum Gasteiger partial charge on any atom is -0.480 e. The third-order valence-electron chi connectivity index (χ3n) is 3.17. The van der Waals surface area contributed by atoms with Crippen LogP contribution < -0.4 is 0 Å². The van der Waals surface area contributed by atoms with Crippen LogP contribution in [-0.4, -0.2) is 39.9 Å². The highest BCUT2D eigenvalue weighted by molar-refractivity contribution is 5.73. The largest absolute Gasteiger partial charge is 0.480 e. The molecule has 1 heterocycles. The highest BCUT2D eigenvalue weighted by atomic mass is 16.4. The summed E-state index contributed by atoms with van der Waals surface area (Å²) < 4.78 is 0. The van der Waals surface area contributed by atoms with Crippen molar-refractivity contribution in [2.24, 2.45) is 5.92 Å². The fourth-order valence-electron chi connectivity index (χ4n) is 2.43. The number of aliphatic carboxylic acids is 1. The van der Waals surface area contributed by atoms with Crippen LogP contribution in [0, 0.1) is 5.92 Å². The van der Waals surface area contributed by atoms with Crippen molar-refractivity contribution in [2.75, 3.05) is 6.54 Å². The van der Waals surface area contributed by atoms with Gasteiger partial charge < -0.3 is 10.2 Å². The van der Waals surface area contributed by atoms with Gasteiger partial charge in [-0.15, -0.1) is 0 Å². The highest BCUT2D eigenvalue weighted by Gasteiger charge is 2.36. The van der Waals surface area contributed by atoms with E-state index in [4.69, 9.17) is 5.11 Å². The molecule has 0 saturated carbocycles. The summed E-state index contributed by atoms with van der Waals surface area (Å²) >= 11 is 0. The van der Waals surface area contributed by atoms with Crippen molar-refractivity contribution in [1.29, 1.82) is 0 Å². The normalized spacial score (nSPS) is 29.3. The molecule has 0 aromatic heterocycles. The number of carboxylic acids is 1. The molecule has 2 unspecified atom stereocenters. The zero-order chi connectivity index (χ0) is 11.4. The van der Waals surface area contributed by atoms with E-state index in [2.05, 4.69) is 6.92 Å². The van der Waals surface area contributed by atoms with Crippen LogP contribution in [0.4, 0.5) is 0 Å². The van der Waals surface area contributed by atoms with Gasteiger partial charge in [0.1, 0.15) is 12.3 Å². The van der Waals surface area contributed by atoms with Crippen LogP contribution in [0.15, 0.2) is 0 Å². The molecule has 1 aliphatic heterocycles. The van der Waals surface area contributed by atoms with Gasteiger partial charge in [0.2, 0.25) is 0 Å². The summed E-state index contributed by atoms with van der Waals surface area (Å²) in [5.74, 6) is -0.368. The lowest BCUT2D eigenvalue weighted by Gasteiger charge is -2.26. The smallest absolute Gasteiger partial charge is 0.320 e. The van der Waals surface area contributed by atoms with Crippen LogP contribution in [0.5, 0.6) is 0 Å². The summed E-state index contributed by atoms with van der Waals surface area (Å²) in [7, 11) is 0. The summed E-state index contributed by atoms with van der Waals surface area (Å²) in [4.78, 5) is 12.7. The van der Waals surface area contributed by atoms with Crippen molar-refractivity contribution in [3.8, 4) is 0 Å². The summed E-state index contributed by atoms with van der Waals surface area (Å²) in [6.45, 7) is 4.68. The molecule has 4 nitrogen and oxygen atoms in total. The third-order valence-corrected chi connectivity index (χ3v) is 3.17. The minimum atomic E-state index is -0.825. The van der Waals surface area contributed by atoms with Crippen molar-refractivity contribution in [3.63, 3.8) is 0 Å². The molecular weight excluding hydrogens is 194 g/mol. The second-order valence-electron chi connectivity index (χ2n) is 4.33. The lowest BCUT2D eigenvalue weighted by atomic mass is 10.0. The molecule has 0 aliphatic carbocycles. The molecule has 15 heavy (non-hydrogen) atoms. The van der Waals surface area contributed by atoms with Crippen LogP contribution in [0.1, 0.15) is 39.5 Å². The summed E-state index contributed by atoms with van der Waals surface area (Å²) in [6.07, 6.45) is 2.87. The Morgan fingerprint density at radius 2 is 2.20 bits per heavy atom. The number of likely N-dealkylation sites (tertiary alicyclic amines) is 1. The van der Waals surface area contributed by atoms with E-state index in [-0.39, 0.29) is 0 Å². The molecule has 0 aromatic carbocycles. The number of nitrogens with zero attached hydrogens (tertiary/aromatic N) is 1. The Balaban J connectivity index is 2.58. The molecule has 1 aliphatic rings. The average molecular weight is 215 g/mol. The molecule has 2 N–H and O–H groups in total. The van der Waals surface area contributed by atoms with Gasteiger partial charge >= 0.3 is 5.97 Å². The molecular formula is C11H21NO3. The van der Waals surface area contributed by atoms with Crippen molar-refractivity contribution < 1.29 is 15.0 Å².